The standard InChI is InChI=1S/C25H34N6O2.C2H6/c1-17-23(28-18(2)25(32)29-20-10-13-33-14-11-20)24(27-16-26-17)31-15-19(9-12-30(3)4)21-7-5-6-8-22(21)31;1-2/h5-8,16,19-20H,9-15H2,1-4H3,(H,29,32);1-2H3. The lowest BCUT2D eigenvalue weighted by molar-refractivity contribution is -0.116. The molecule has 0 spiro atoms. The van der Waals surface area contributed by atoms with Gasteiger partial charge in [0.25, 0.3) is 5.91 Å². The fraction of sp³-hybridized carbons (Fsp3) is 0.556. The Kier molecular flexibility index (Phi) is 9.74. The van der Waals surface area contributed by atoms with Gasteiger partial charge in [0.2, 0.25) is 0 Å². The number of carbonyl (C=O) groups excluding carboxylic acids is 1. The number of hydrogen-bond acceptors (Lipinski definition) is 7. The molecule has 1 aromatic heterocycles. The predicted molar refractivity (Wildman–Crippen MR) is 142 cm³/mol. The number of anilines is 2. The van der Waals surface area contributed by atoms with Crippen LogP contribution in [0.3, 0.4) is 0 Å². The highest BCUT2D eigenvalue weighted by molar-refractivity contribution is 6.38. The first-order valence-corrected chi connectivity index (χ1v) is 12.7. The molecule has 2 aromatic rings. The van der Waals surface area contributed by atoms with Gasteiger partial charge in [-0.3, -0.25) is 4.79 Å². The van der Waals surface area contributed by atoms with E-state index >= 15 is 0 Å². The van der Waals surface area contributed by atoms with E-state index < -0.39 is 0 Å². The van der Waals surface area contributed by atoms with Crippen LogP contribution in [0.15, 0.2) is 35.6 Å². The summed E-state index contributed by atoms with van der Waals surface area (Å²) in [5.41, 5.74) is 4.31. The molecule has 8 nitrogen and oxygen atoms in total. The number of aryl methyl sites for hydroxylation is 1. The Morgan fingerprint density at radius 3 is 2.63 bits per heavy atom. The van der Waals surface area contributed by atoms with Crippen LogP contribution in [-0.4, -0.2) is 72.9 Å². The Morgan fingerprint density at radius 1 is 1.20 bits per heavy atom. The third kappa shape index (κ3) is 6.64. The molecule has 2 aliphatic rings. The molecule has 190 valence electrons. The number of amides is 1. The summed E-state index contributed by atoms with van der Waals surface area (Å²) >= 11 is 0. The van der Waals surface area contributed by atoms with Crippen molar-refractivity contribution >= 4 is 28.8 Å². The van der Waals surface area contributed by atoms with E-state index in [1.54, 1.807) is 13.3 Å². The van der Waals surface area contributed by atoms with Crippen LogP contribution in [0.5, 0.6) is 0 Å². The molecule has 0 saturated carbocycles. The van der Waals surface area contributed by atoms with E-state index in [2.05, 4.69) is 63.4 Å². The minimum absolute atomic E-state index is 0.131. The number of aromatic nitrogens is 2. The second kappa shape index (κ2) is 12.7. The average molecular weight is 481 g/mol. The van der Waals surface area contributed by atoms with Crippen molar-refractivity contribution in [1.82, 2.24) is 20.2 Å². The van der Waals surface area contributed by atoms with Gasteiger partial charge < -0.3 is 19.9 Å². The van der Waals surface area contributed by atoms with Gasteiger partial charge in [0.1, 0.15) is 17.7 Å². The molecular weight excluding hydrogens is 440 g/mol. The summed E-state index contributed by atoms with van der Waals surface area (Å²) in [4.78, 5) is 31.0. The highest BCUT2D eigenvalue weighted by Gasteiger charge is 2.31. The molecule has 1 unspecified atom stereocenters. The van der Waals surface area contributed by atoms with E-state index in [1.165, 1.54) is 5.56 Å². The van der Waals surface area contributed by atoms with Gasteiger partial charge in [-0.25, -0.2) is 15.0 Å². The quantitative estimate of drug-likeness (QED) is 0.592. The maximum absolute atomic E-state index is 12.8. The summed E-state index contributed by atoms with van der Waals surface area (Å²) in [6, 6.07) is 8.64. The zero-order valence-electron chi connectivity index (χ0n) is 22.0. The first kappa shape index (κ1) is 26.8. The van der Waals surface area contributed by atoms with Crippen LogP contribution in [0.1, 0.15) is 57.2 Å². The highest BCUT2D eigenvalue weighted by Crippen LogP contribution is 2.44. The minimum Gasteiger partial charge on any atom is -0.381 e. The lowest BCUT2D eigenvalue weighted by Gasteiger charge is -2.23. The van der Waals surface area contributed by atoms with E-state index in [-0.39, 0.29) is 11.9 Å². The fourth-order valence-corrected chi connectivity index (χ4v) is 4.49. The number of para-hydroxylation sites is 1. The number of nitrogens with one attached hydrogen (secondary N) is 1. The number of carbonyl (C=O) groups is 1. The van der Waals surface area contributed by atoms with Gasteiger partial charge in [-0.1, -0.05) is 32.0 Å². The number of rotatable bonds is 7. The number of fused-ring (bicyclic) bond motifs is 1. The van der Waals surface area contributed by atoms with Gasteiger partial charge >= 0.3 is 0 Å². The van der Waals surface area contributed by atoms with Crippen LogP contribution < -0.4 is 10.2 Å². The third-order valence-electron chi connectivity index (χ3n) is 6.40. The first-order chi connectivity index (χ1) is 16.9. The van der Waals surface area contributed by atoms with E-state index in [1.807, 2.05) is 20.8 Å². The fourth-order valence-electron chi connectivity index (χ4n) is 4.49. The van der Waals surface area contributed by atoms with E-state index in [0.717, 1.165) is 49.6 Å². The number of nitrogens with zero attached hydrogens (tertiary/aromatic N) is 5. The van der Waals surface area contributed by atoms with Gasteiger partial charge in [0.15, 0.2) is 5.82 Å². The van der Waals surface area contributed by atoms with Crippen molar-refractivity contribution in [2.24, 2.45) is 4.99 Å². The molecule has 1 aromatic carbocycles. The summed E-state index contributed by atoms with van der Waals surface area (Å²) in [5.74, 6) is 1.01. The lowest BCUT2D eigenvalue weighted by Crippen LogP contribution is -2.41. The molecule has 1 saturated heterocycles. The maximum atomic E-state index is 12.8. The summed E-state index contributed by atoms with van der Waals surface area (Å²) < 4.78 is 5.39. The van der Waals surface area contributed by atoms with Crippen molar-refractivity contribution in [2.45, 2.75) is 58.9 Å². The normalized spacial score (nSPS) is 18.2. The van der Waals surface area contributed by atoms with E-state index in [9.17, 15) is 4.79 Å². The molecule has 8 heteroatoms. The van der Waals surface area contributed by atoms with Gasteiger partial charge in [0, 0.05) is 37.4 Å². The Balaban J connectivity index is 0.00000167. The van der Waals surface area contributed by atoms with Crippen LogP contribution in [0.2, 0.25) is 0 Å². The monoisotopic (exact) mass is 480 g/mol. The second-order valence-electron chi connectivity index (χ2n) is 9.15. The molecule has 2 aliphatic heterocycles. The minimum atomic E-state index is -0.151. The second-order valence-corrected chi connectivity index (χ2v) is 9.15. The Hall–Kier alpha value is -2.84. The van der Waals surface area contributed by atoms with Crippen LogP contribution in [0.4, 0.5) is 17.2 Å². The third-order valence-corrected chi connectivity index (χ3v) is 6.40. The molecule has 1 amide bonds. The molecule has 1 atom stereocenters. The zero-order chi connectivity index (χ0) is 25.4. The molecule has 3 heterocycles. The maximum Gasteiger partial charge on any atom is 0.265 e. The molecular formula is C27H40N6O2. The van der Waals surface area contributed by atoms with E-state index in [4.69, 9.17) is 9.73 Å². The number of ether oxygens (including phenoxy) is 1. The smallest absolute Gasteiger partial charge is 0.265 e. The Morgan fingerprint density at radius 2 is 1.91 bits per heavy atom. The van der Waals surface area contributed by atoms with Crippen LogP contribution in [0, 0.1) is 6.92 Å². The zero-order valence-corrected chi connectivity index (χ0v) is 22.0. The molecule has 35 heavy (non-hydrogen) atoms. The summed E-state index contributed by atoms with van der Waals surface area (Å²) in [6.45, 7) is 10.9. The number of aliphatic imine (C=N–C) groups is 1. The molecule has 0 radical (unpaired) electrons. The average Bonchev–Trinajstić information content (AvgIpc) is 3.24. The highest BCUT2D eigenvalue weighted by atomic mass is 16.5. The Bertz CT molecular complexity index is 1020. The van der Waals surface area contributed by atoms with Crippen molar-refractivity contribution in [2.75, 3.05) is 45.3 Å². The SMILES string of the molecule is CC.CC(=Nc1c(C)ncnc1N1CC(CCN(C)C)c2ccccc21)C(=O)NC1CCOCC1. The topological polar surface area (TPSA) is 83.0 Å². The van der Waals surface area contributed by atoms with Crippen LogP contribution in [0.25, 0.3) is 0 Å². The summed E-state index contributed by atoms with van der Waals surface area (Å²) in [7, 11) is 4.21. The summed E-state index contributed by atoms with van der Waals surface area (Å²) in [6.07, 6.45) is 4.31. The number of hydrogen-bond donors (Lipinski definition) is 1. The van der Waals surface area contributed by atoms with Gasteiger partial charge in [0.05, 0.1) is 5.69 Å². The van der Waals surface area contributed by atoms with Crippen molar-refractivity contribution in [1.29, 1.82) is 0 Å². The molecule has 1 fully saturated rings. The predicted octanol–water partition coefficient (Wildman–Crippen LogP) is 4.39. The lowest BCUT2D eigenvalue weighted by atomic mass is 9.98. The van der Waals surface area contributed by atoms with Crippen molar-refractivity contribution in [3.63, 3.8) is 0 Å². The largest absolute Gasteiger partial charge is 0.381 e. The molecule has 0 bridgehead atoms. The number of benzene rings is 1. The van der Waals surface area contributed by atoms with Crippen LogP contribution >= 0.6 is 0 Å². The van der Waals surface area contributed by atoms with Gasteiger partial charge in [-0.05, 0) is 65.4 Å². The van der Waals surface area contributed by atoms with E-state index in [0.29, 0.717) is 30.5 Å². The van der Waals surface area contributed by atoms with Crippen molar-refractivity contribution in [3.8, 4) is 0 Å². The summed E-state index contributed by atoms with van der Waals surface area (Å²) in [5, 5.41) is 3.09. The van der Waals surface area contributed by atoms with Crippen molar-refractivity contribution in [3.05, 3.63) is 41.9 Å². The van der Waals surface area contributed by atoms with Gasteiger partial charge in [-0.15, -0.1) is 0 Å². The first-order valence-electron chi connectivity index (χ1n) is 12.7. The molecule has 1 N–H and O–H groups in total. The van der Waals surface area contributed by atoms with Gasteiger partial charge in [-0.2, -0.15) is 0 Å². The molecule has 0 aliphatic carbocycles. The Labute approximate surface area is 209 Å². The van der Waals surface area contributed by atoms with Crippen molar-refractivity contribution < 1.29 is 9.53 Å². The van der Waals surface area contributed by atoms with Crippen LogP contribution in [-0.2, 0) is 9.53 Å². The molecule has 4 rings (SSSR count).